The fourth-order valence-electron chi connectivity index (χ4n) is 3.38. The van der Waals surface area contributed by atoms with Gasteiger partial charge in [0, 0.05) is 35.8 Å². The fraction of sp³-hybridized carbons (Fsp3) is 0.519. The summed E-state index contributed by atoms with van der Waals surface area (Å²) >= 11 is 0. The minimum Gasteiger partial charge on any atom is -0.488 e. The summed E-state index contributed by atoms with van der Waals surface area (Å²) in [5.74, 6) is 1.46. The Bertz CT molecular complexity index is 937. The molecule has 2 aromatic carbocycles. The third kappa shape index (κ3) is 8.26. The average molecular weight is 450 g/mol. The molecule has 0 aliphatic heterocycles. The van der Waals surface area contributed by atoms with Gasteiger partial charge in [0.05, 0.1) is 0 Å². The van der Waals surface area contributed by atoms with E-state index in [2.05, 4.69) is 32.9 Å². The molecule has 2 aromatic rings. The van der Waals surface area contributed by atoms with Gasteiger partial charge in [-0.3, -0.25) is 4.79 Å². The van der Waals surface area contributed by atoms with Gasteiger partial charge in [0.25, 0.3) is 0 Å². The molecule has 2 rings (SSSR count). The van der Waals surface area contributed by atoms with E-state index in [-0.39, 0.29) is 49.6 Å². The van der Waals surface area contributed by atoms with Gasteiger partial charge >= 0.3 is 0 Å². The van der Waals surface area contributed by atoms with E-state index >= 15 is 0 Å². The second kappa shape index (κ2) is 10.3. The van der Waals surface area contributed by atoms with Crippen LogP contribution in [0.15, 0.2) is 30.3 Å². The molecule has 0 spiro atoms. The third-order valence-corrected chi connectivity index (χ3v) is 5.83. The quantitative estimate of drug-likeness (QED) is 0.376. The molecule has 5 heteroatoms. The minimum atomic E-state index is -0.372. The second-order valence-corrected chi connectivity index (χ2v) is 12.5. The van der Waals surface area contributed by atoms with Crippen LogP contribution in [-0.2, 0) is 5.41 Å². The van der Waals surface area contributed by atoms with Crippen LogP contribution in [0.1, 0.15) is 89.4 Å². The Labute approximate surface area is 209 Å². The molecule has 0 saturated heterocycles. The summed E-state index contributed by atoms with van der Waals surface area (Å²) in [6, 6.07) is 10.1. The molecule has 0 aromatic heterocycles. The summed E-state index contributed by atoms with van der Waals surface area (Å²) in [6.45, 7) is 22.7. The van der Waals surface area contributed by atoms with Crippen molar-refractivity contribution < 1.29 is 14.3 Å². The molecule has 0 fully saturated rings. The standard InChI is InChI=1S/C27H39O3P.Li/c1-17-14-19(25(3,4)5)15-18(2)23(17)24(28)31-22-13-12-20(29-26(6,7)8)16-21(22)30-27(9,10)11;/h12-16,31H,1-11H3;. The van der Waals surface area contributed by atoms with Crippen LogP contribution < -0.4 is 14.8 Å². The number of hydrogen-bond acceptors (Lipinski definition) is 3. The largest absolute Gasteiger partial charge is 0.488 e. The first-order valence-electron chi connectivity index (χ1n) is 10.9. The molecular weight excluding hydrogens is 410 g/mol. The first-order valence-corrected chi connectivity index (χ1v) is 11.9. The summed E-state index contributed by atoms with van der Waals surface area (Å²) in [5.41, 5.74) is 3.66. The number of aryl methyl sites for hydroxylation is 2. The summed E-state index contributed by atoms with van der Waals surface area (Å²) in [5, 5.41) is 0.903. The van der Waals surface area contributed by atoms with Gasteiger partial charge in [-0.2, -0.15) is 0 Å². The number of carbonyl (C=O) groups is 1. The molecule has 1 atom stereocenters. The summed E-state index contributed by atoms with van der Waals surface area (Å²) in [4.78, 5) is 13.4. The van der Waals surface area contributed by atoms with E-state index in [1.807, 2.05) is 73.6 Å². The van der Waals surface area contributed by atoms with Crippen molar-refractivity contribution in [3.05, 3.63) is 52.6 Å². The SMILES string of the molecule is Cc1cc(C(C)(C)C)cc(C)c1C(=O)Pc1ccc(OC(C)(C)C)cc1OC(C)(C)C.[Li]. The van der Waals surface area contributed by atoms with E-state index in [9.17, 15) is 4.79 Å². The van der Waals surface area contributed by atoms with Crippen molar-refractivity contribution in [3.8, 4) is 11.5 Å². The topological polar surface area (TPSA) is 35.5 Å². The molecule has 3 nitrogen and oxygen atoms in total. The van der Waals surface area contributed by atoms with Gasteiger partial charge in [-0.05, 0) is 98.2 Å². The Kier molecular flexibility index (Phi) is 9.30. The molecule has 0 saturated carbocycles. The molecule has 0 N–H and O–H groups in total. The van der Waals surface area contributed by atoms with Gasteiger partial charge in [-0.15, -0.1) is 0 Å². The Morgan fingerprint density at radius 2 is 1.28 bits per heavy atom. The van der Waals surface area contributed by atoms with Crippen LogP contribution >= 0.6 is 8.58 Å². The van der Waals surface area contributed by atoms with Crippen LogP contribution in [0.2, 0.25) is 0 Å². The maximum atomic E-state index is 13.4. The van der Waals surface area contributed by atoms with E-state index in [1.54, 1.807) is 0 Å². The van der Waals surface area contributed by atoms with Crippen molar-refractivity contribution in [2.75, 3.05) is 0 Å². The number of hydrogen-bond donors (Lipinski definition) is 0. The zero-order chi connectivity index (χ0) is 23.8. The molecule has 1 radical (unpaired) electrons. The van der Waals surface area contributed by atoms with E-state index in [1.165, 1.54) is 5.56 Å². The van der Waals surface area contributed by atoms with E-state index in [0.717, 1.165) is 27.7 Å². The van der Waals surface area contributed by atoms with E-state index < -0.39 is 0 Å². The van der Waals surface area contributed by atoms with Crippen LogP contribution in [0, 0.1) is 13.8 Å². The molecule has 0 aliphatic carbocycles. The summed E-state index contributed by atoms with van der Waals surface area (Å²) in [7, 11) is -0.0184. The number of carbonyl (C=O) groups excluding carboxylic acids is 1. The van der Waals surface area contributed by atoms with Crippen LogP contribution in [0.5, 0.6) is 11.5 Å². The van der Waals surface area contributed by atoms with Crippen molar-refractivity contribution in [2.45, 2.75) is 92.8 Å². The van der Waals surface area contributed by atoms with Gasteiger partial charge in [0.15, 0.2) is 5.52 Å². The van der Waals surface area contributed by atoms with Crippen molar-refractivity contribution >= 4 is 38.3 Å². The normalized spacial score (nSPS) is 12.6. The molecule has 1 unspecified atom stereocenters. The van der Waals surface area contributed by atoms with Crippen molar-refractivity contribution in [2.24, 2.45) is 0 Å². The predicted molar refractivity (Wildman–Crippen MR) is 140 cm³/mol. The second-order valence-electron chi connectivity index (χ2n) is 11.3. The predicted octanol–water partition coefficient (Wildman–Crippen LogP) is 6.72. The fourth-order valence-corrected chi connectivity index (χ4v) is 4.55. The van der Waals surface area contributed by atoms with Crippen molar-refractivity contribution in [1.82, 2.24) is 0 Å². The first kappa shape index (κ1) is 28.8. The molecule has 0 heterocycles. The molecular formula is C27H39LiO3P. The summed E-state index contributed by atoms with van der Waals surface area (Å²) < 4.78 is 12.2. The number of rotatable bonds is 5. The van der Waals surface area contributed by atoms with E-state index in [4.69, 9.17) is 9.47 Å². The van der Waals surface area contributed by atoms with Crippen LogP contribution in [0.4, 0.5) is 0 Å². The molecule has 0 aliphatic rings. The maximum absolute atomic E-state index is 13.4. The Morgan fingerprint density at radius 3 is 1.72 bits per heavy atom. The third-order valence-electron chi connectivity index (χ3n) is 4.67. The smallest absolute Gasteiger partial charge is 0.186 e. The van der Waals surface area contributed by atoms with Gasteiger partial charge in [0.2, 0.25) is 0 Å². The van der Waals surface area contributed by atoms with Gasteiger partial charge in [-0.1, -0.05) is 32.9 Å². The summed E-state index contributed by atoms with van der Waals surface area (Å²) in [6.07, 6.45) is 0. The number of benzene rings is 2. The molecule has 171 valence electrons. The minimum absolute atomic E-state index is 0. The molecule has 32 heavy (non-hydrogen) atoms. The monoisotopic (exact) mass is 449 g/mol. The van der Waals surface area contributed by atoms with Crippen molar-refractivity contribution in [1.29, 1.82) is 0 Å². The zero-order valence-corrected chi connectivity index (χ0v) is 23.1. The van der Waals surface area contributed by atoms with Crippen LogP contribution in [-0.4, -0.2) is 35.6 Å². The van der Waals surface area contributed by atoms with Gasteiger partial charge in [-0.25, -0.2) is 0 Å². The Morgan fingerprint density at radius 1 is 0.781 bits per heavy atom. The number of ether oxygens (including phenoxy) is 2. The Hall–Kier alpha value is -1.26. The van der Waals surface area contributed by atoms with Crippen molar-refractivity contribution in [3.63, 3.8) is 0 Å². The van der Waals surface area contributed by atoms with Crippen LogP contribution in [0.3, 0.4) is 0 Å². The van der Waals surface area contributed by atoms with Crippen LogP contribution in [0.25, 0.3) is 0 Å². The van der Waals surface area contributed by atoms with E-state index in [0.29, 0.717) is 5.75 Å². The molecule has 0 bridgehead atoms. The maximum Gasteiger partial charge on any atom is 0.186 e. The molecule has 0 amide bonds. The first-order chi connectivity index (χ1) is 14.0. The van der Waals surface area contributed by atoms with Gasteiger partial charge in [0.1, 0.15) is 22.7 Å². The van der Waals surface area contributed by atoms with Gasteiger partial charge < -0.3 is 9.47 Å². The average Bonchev–Trinajstić information content (AvgIpc) is 2.52. The zero-order valence-electron chi connectivity index (χ0n) is 22.1. The Balaban J connectivity index is 0.00000512.